The molecule has 0 aromatic carbocycles. The van der Waals surface area contributed by atoms with E-state index in [-0.39, 0.29) is 25.9 Å². The third kappa shape index (κ3) is 4.12. The molecule has 2 atom stereocenters. The van der Waals surface area contributed by atoms with E-state index in [1.807, 2.05) is 0 Å². The molecule has 0 saturated carbocycles. The molecule has 3 rings (SSSR count). The van der Waals surface area contributed by atoms with Crippen LogP contribution in [0.4, 0.5) is 4.79 Å². The molecular formula is C11H16N8O7S. The molecule has 2 aliphatic rings. The lowest BCUT2D eigenvalue weighted by Gasteiger charge is -2.29. The Morgan fingerprint density at radius 2 is 2.07 bits per heavy atom. The first-order valence-corrected chi connectivity index (χ1v) is 9.10. The van der Waals surface area contributed by atoms with Crippen LogP contribution in [-0.4, -0.2) is 79.6 Å². The summed E-state index contributed by atoms with van der Waals surface area (Å²) in [5.74, 6) is -0.829. The maximum Gasteiger partial charge on any atom is 0.418 e. The molecule has 2 fully saturated rings. The van der Waals surface area contributed by atoms with Gasteiger partial charge in [0.1, 0.15) is 18.4 Å². The summed E-state index contributed by atoms with van der Waals surface area (Å²) in [7, 11) is -4.86. The zero-order valence-corrected chi connectivity index (χ0v) is 14.8. The number of amides is 4. The number of hydroxylamine groups is 2. The molecule has 0 radical (unpaired) electrons. The van der Waals surface area contributed by atoms with Crippen LogP contribution in [0.25, 0.3) is 0 Å². The SMILES string of the molecule is Cc1nnnn1CC(=O)NNC(=O)[C@@H]1CC[C@@H]2CN1C(=O)N2OS(=O)(=O)O. The van der Waals surface area contributed by atoms with Gasteiger partial charge in [-0.3, -0.25) is 25.0 Å². The van der Waals surface area contributed by atoms with E-state index in [2.05, 4.69) is 30.7 Å². The molecule has 0 spiro atoms. The number of rotatable bonds is 5. The zero-order chi connectivity index (χ0) is 19.8. The fourth-order valence-electron chi connectivity index (χ4n) is 2.89. The van der Waals surface area contributed by atoms with Crippen molar-refractivity contribution in [3.8, 4) is 0 Å². The number of urea groups is 1. The lowest BCUT2D eigenvalue weighted by Crippen LogP contribution is -2.54. The molecule has 15 nitrogen and oxygen atoms in total. The van der Waals surface area contributed by atoms with E-state index >= 15 is 0 Å². The molecule has 2 aliphatic heterocycles. The van der Waals surface area contributed by atoms with E-state index in [0.717, 1.165) is 4.90 Å². The zero-order valence-electron chi connectivity index (χ0n) is 14.0. The Bertz CT molecular complexity index is 870. The lowest BCUT2D eigenvalue weighted by atomic mass is 10.0. The van der Waals surface area contributed by atoms with Crippen molar-refractivity contribution in [2.24, 2.45) is 0 Å². The number of fused-ring (bicyclic) bond motifs is 2. The molecule has 148 valence electrons. The predicted molar refractivity (Wildman–Crippen MR) is 82.2 cm³/mol. The number of nitrogens with zero attached hydrogens (tertiary/aromatic N) is 6. The van der Waals surface area contributed by atoms with Gasteiger partial charge in [-0.2, -0.15) is 13.5 Å². The first kappa shape index (κ1) is 18.9. The van der Waals surface area contributed by atoms with Gasteiger partial charge in [-0.05, 0) is 30.2 Å². The fourth-order valence-corrected chi connectivity index (χ4v) is 3.28. The summed E-state index contributed by atoms with van der Waals surface area (Å²) in [4.78, 5) is 37.5. The van der Waals surface area contributed by atoms with Crippen LogP contribution in [0.3, 0.4) is 0 Å². The molecule has 3 heterocycles. The van der Waals surface area contributed by atoms with E-state index in [9.17, 15) is 22.8 Å². The number of hydrogen-bond acceptors (Lipinski definition) is 9. The Morgan fingerprint density at radius 1 is 1.33 bits per heavy atom. The van der Waals surface area contributed by atoms with Crippen molar-refractivity contribution in [2.75, 3.05) is 6.54 Å². The second kappa shape index (κ2) is 7.05. The second-order valence-corrected chi connectivity index (χ2v) is 6.94. The van der Waals surface area contributed by atoms with Crippen molar-refractivity contribution in [3.05, 3.63) is 5.82 Å². The monoisotopic (exact) mass is 404 g/mol. The number of hydrazine groups is 1. The lowest BCUT2D eigenvalue weighted by molar-refractivity contribution is -0.132. The van der Waals surface area contributed by atoms with E-state index in [4.69, 9.17) is 4.55 Å². The van der Waals surface area contributed by atoms with Crippen LogP contribution in [0.5, 0.6) is 0 Å². The van der Waals surface area contributed by atoms with Gasteiger partial charge >= 0.3 is 16.4 Å². The van der Waals surface area contributed by atoms with Gasteiger partial charge in [0.2, 0.25) is 0 Å². The van der Waals surface area contributed by atoms with Gasteiger partial charge in [0.15, 0.2) is 0 Å². The Kier molecular flexibility index (Phi) is 4.94. The molecule has 27 heavy (non-hydrogen) atoms. The molecular weight excluding hydrogens is 388 g/mol. The van der Waals surface area contributed by atoms with Crippen LogP contribution >= 0.6 is 0 Å². The van der Waals surface area contributed by atoms with E-state index in [1.165, 1.54) is 4.68 Å². The Balaban J connectivity index is 1.56. The Hall–Kier alpha value is -2.85. The molecule has 4 amide bonds. The highest BCUT2D eigenvalue weighted by atomic mass is 32.3. The van der Waals surface area contributed by atoms with Crippen molar-refractivity contribution in [1.29, 1.82) is 0 Å². The number of piperidine rings is 1. The Labute approximate surface area is 152 Å². The summed E-state index contributed by atoms with van der Waals surface area (Å²) in [6, 6.07) is -2.41. The van der Waals surface area contributed by atoms with Crippen molar-refractivity contribution >= 4 is 28.2 Å². The second-order valence-electron chi connectivity index (χ2n) is 5.93. The number of aromatic nitrogens is 4. The Morgan fingerprint density at radius 3 is 2.70 bits per heavy atom. The van der Waals surface area contributed by atoms with Crippen LogP contribution in [0.1, 0.15) is 18.7 Å². The summed E-state index contributed by atoms with van der Waals surface area (Å²) in [5, 5.41) is 11.1. The standard InChI is InChI=1S/C11H16N8O7S/c1-6-12-15-16-18(6)5-9(20)13-14-10(21)8-3-2-7-4-17(8)11(22)19(7)26-27(23,24)25/h7-8H,2-5H2,1H3,(H,13,20)(H,14,21)(H,23,24,25)/t7-,8+/m1/s1. The quantitative estimate of drug-likeness (QED) is 0.340. The summed E-state index contributed by atoms with van der Waals surface area (Å²) in [5.41, 5.74) is 4.40. The molecule has 1 aromatic heterocycles. The van der Waals surface area contributed by atoms with Gasteiger partial charge in [-0.15, -0.1) is 9.38 Å². The summed E-state index contributed by atoms with van der Waals surface area (Å²) < 4.78 is 35.9. The topological polar surface area (TPSA) is 189 Å². The van der Waals surface area contributed by atoms with Crippen LogP contribution in [-0.2, 0) is 30.8 Å². The number of hydrogen-bond donors (Lipinski definition) is 3. The van der Waals surface area contributed by atoms with Gasteiger partial charge in [-0.25, -0.2) is 9.48 Å². The largest absolute Gasteiger partial charge is 0.418 e. The van der Waals surface area contributed by atoms with Crippen LogP contribution in [0, 0.1) is 6.92 Å². The molecule has 2 saturated heterocycles. The van der Waals surface area contributed by atoms with Gasteiger partial charge in [-0.1, -0.05) is 0 Å². The van der Waals surface area contributed by atoms with Crippen LogP contribution in [0.2, 0.25) is 0 Å². The van der Waals surface area contributed by atoms with Gasteiger partial charge < -0.3 is 4.90 Å². The first-order chi connectivity index (χ1) is 12.7. The normalized spacial score (nSPS) is 22.1. The predicted octanol–water partition coefficient (Wildman–Crippen LogP) is -2.87. The smallest absolute Gasteiger partial charge is 0.309 e. The summed E-state index contributed by atoms with van der Waals surface area (Å²) in [6.45, 7) is 1.43. The van der Waals surface area contributed by atoms with E-state index < -0.39 is 40.3 Å². The summed E-state index contributed by atoms with van der Waals surface area (Å²) in [6.07, 6.45) is 0.489. The summed E-state index contributed by atoms with van der Waals surface area (Å²) >= 11 is 0. The van der Waals surface area contributed by atoms with Crippen molar-refractivity contribution in [3.63, 3.8) is 0 Å². The van der Waals surface area contributed by atoms with Crippen molar-refractivity contribution in [2.45, 2.75) is 38.4 Å². The van der Waals surface area contributed by atoms with Crippen molar-refractivity contribution < 1.29 is 31.6 Å². The molecule has 3 N–H and O–H groups in total. The minimum absolute atomic E-state index is 0.0458. The van der Waals surface area contributed by atoms with E-state index in [1.54, 1.807) is 6.92 Å². The number of carbonyl (C=O) groups excluding carboxylic acids is 3. The average molecular weight is 404 g/mol. The molecule has 0 unspecified atom stereocenters. The molecule has 0 aliphatic carbocycles. The van der Waals surface area contributed by atoms with Crippen LogP contribution < -0.4 is 10.9 Å². The maximum absolute atomic E-state index is 12.3. The molecule has 1 aromatic rings. The maximum atomic E-state index is 12.3. The van der Waals surface area contributed by atoms with Gasteiger partial charge in [0.25, 0.3) is 11.8 Å². The minimum atomic E-state index is -4.86. The number of nitrogens with one attached hydrogen (secondary N) is 2. The number of tetrazole rings is 1. The van der Waals surface area contributed by atoms with Gasteiger partial charge in [0.05, 0.1) is 6.04 Å². The van der Waals surface area contributed by atoms with Gasteiger partial charge in [0, 0.05) is 6.54 Å². The highest BCUT2D eigenvalue weighted by molar-refractivity contribution is 7.80. The molecule has 2 bridgehead atoms. The highest BCUT2D eigenvalue weighted by Crippen LogP contribution is 2.30. The number of aryl methyl sites for hydroxylation is 1. The third-order valence-electron chi connectivity index (χ3n) is 4.13. The fraction of sp³-hybridized carbons (Fsp3) is 0.636. The molecule has 16 heteroatoms. The third-order valence-corrected chi connectivity index (χ3v) is 4.48. The average Bonchev–Trinajstić information content (AvgIpc) is 3.09. The first-order valence-electron chi connectivity index (χ1n) is 7.74. The van der Waals surface area contributed by atoms with Crippen molar-refractivity contribution in [1.82, 2.24) is 41.0 Å². The van der Waals surface area contributed by atoms with E-state index in [0.29, 0.717) is 10.9 Å². The highest BCUT2D eigenvalue weighted by Gasteiger charge is 2.49. The minimum Gasteiger partial charge on any atom is -0.309 e. The van der Waals surface area contributed by atoms with Crippen LogP contribution in [0.15, 0.2) is 0 Å². The number of carbonyl (C=O) groups is 3.